The first-order valence-electron chi connectivity index (χ1n) is 10.2. The molecule has 0 atom stereocenters. The highest BCUT2D eigenvalue weighted by Crippen LogP contribution is 2.30. The lowest BCUT2D eigenvalue weighted by Gasteiger charge is -2.32. The second-order valence-corrected chi connectivity index (χ2v) is 8.76. The molecule has 1 N–H and O–H groups in total. The minimum atomic E-state index is -0.626. The Balaban J connectivity index is 1.66. The van der Waals surface area contributed by atoms with Gasteiger partial charge in [-0.3, -0.25) is 24.1 Å². The van der Waals surface area contributed by atoms with E-state index in [4.69, 9.17) is 0 Å². The smallest absolute Gasteiger partial charge is 0.262 e. The van der Waals surface area contributed by atoms with Crippen molar-refractivity contribution in [1.82, 2.24) is 15.1 Å². The molecule has 7 heteroatoms. The number of imide groups is 1. The quantitative estimate of drug-likeness (QED) is 0.789. The third kappa shape index (κ3) is 4.18. The van der Waals surface area contributed by atoms with Gasteiger partial charge in [-0.1, -0.05) is 6.92 Å². The third-order valence-corrected chi connectivity index (χ3v) is 5.47. The Hall–Kier alpha value is -2.70. The van der Waals surface area contributed by atoms with E-state index in [9.17, 15) is 19.2 Å². The van der Waals surface area contributed by atoms with E-state index >= 15 is 0 Å². The van der Waals surface area contributed by atoms with Crippen LogP contribution in [-0.4, -0.2) is 58.1 Å². The van der Waals surface area contributed by atoms with Crippen molar-refractivity contribution >= 4 is 23.6 Å². The monoisotopic (exact) mass is 399 g/mol. The zero-order valence-electron chi connectivity index (χ0n) is 17.6. The molecule has 0 aromatic heterocycles. The van der Waals surface area contributed by atoms with E-state index in [0.29, 0.717) is 43.5 Å². The van der Waals surface area contributed by atoms with Crippen LogP contribution >= 0.6 is 0 Å². The molecule has 2 heterocycles. The Labute approximate surface area is 171 Å². The van der Waals surface area contributed by atoms with Crippen molar-refractivity contribution in [2.75, 3.05) is 13.1 Å². The minimum absolute atomic E-state index is 0.00941. The molecule has 7 nitrogen and oxygen atoms in total. The molecule has 1 aromatic carbocycles. The number of fused-ring (bicyclic) bond motifs is 1. The third-order valence-electron chi connectivity index (χ3n) is 5.47. The van der Waals surface area contributed by atoms with Crippen LogP contribution in [0.2, 0.25) is 0 Å². The second kappa shape index (κ2) is 7.97. The molecular weight excluding hydrogens is 370 g/mol. The molecule has 0 aliphatic carbocycles. The predicted molar refractivity (Wildman–Crippen MR) is 109 cm³/mol. The van der Waals surface area contributed by atoms with Crippen LogP contribution in [0.4, 0.5) is 0 Å². The van der Waals surface area contributed by atoms with Crippen LogP contribution in [0, 0.1) is 0 Å². The van der Waals surface area contributed by atoms with Gasteiger partial charge in [-0.15, -0.1) is 0 Å². The maximum absolute atomic E-state index is 12.7. The van der Waals surface area contributed by atoms with Crippen molar-refractivity contribution in [3.05, 3.63) is 34.9 Å². The summed E-state index contributed by atoms with van der Waals surface area (Å²) in [5.41, 5.74) is 0.352. The fourth-order valence-electron chi connectivity index (χ4n) is 3.91. The van der Waals surface area contributed by atoms with E-state index in [1.807, 2.05) is 11.8 Å². The number of carbonyl (C=O) groups excluding carboxylic acids is 4. The Morgan fingerprint density at radius 1 is 1.07 bits per heavy atom. The Morgan fingerprint density at radius 2 is 1.69 bits per heavy atom. The van der Waals surface area contributed by atoms with Crippen LogP contribution < -0.4 is 5.32 Å². The molecule has 0 spiro atoms. The summed E-state index contributed by atoms with van der Waals surface area (Å²) in [6, 6.07) is 4.65. The number of benzene rings is 1. The first kappa shape index (κ1) is 21.0. The predicted octanol–water partition coefficient (Wildman–Crippen LogP) is 2.60. The number of rotatable bonds is 4. The van der Waals surface area contributed by atoms with E-state index in [1.165, 1.54) is 11.0 Å². The molecule has 1 fully saturated rings. The summed E-state index contributed by atoms with van der Waals surface area (Å²) in [7, 11) is 0. The van der Waals surface area contributed by atoms with Crippen molar-refractivity contribution in [1.29, 1.82) is 0 Å². The van der Waals surface area contributed by atoms with E-state index in [0.717, 1.165) is 6.42 Å². The summed E-state index contributed by atoms with van der Waals surface area (Å²) in [6.07, 6.45) is 2.81. The first-order chi connectivity index (χ1) is 13.6. The van der Waals surface area contributed by atoms with Crippen molar-refractivity contribution in [2.45, 2.75) is 65.0 Å². The molecule has 1 aromatic rings. The number of likely N-dealkylation sites (tertiary alicyclic amines) is 1. The van der Waals surface area contributed by atoms with Gasteiger partial charge < -0.3 is 10.2 Å². The average molecular weight is 399 g/mol. The summed E-state index contributed by atoms with van der Waals surface area (Å²) in [5, 5.41) is 3.00. The molecular formula is C22H29N3O4. The maximum atomic E-state index is 12.7. The maximum Gasteiger partial charge on any atom is 0.262 e. The number of carbonyl (C=O) groups is 4. The lowest BCUT2D eigenvalue weighted by Crippen LogP contribution is -2.46. The second-order valence-electron chi connectivity index (χ2n) is 8.76. The van der Waals surface area contributed by atoms with Crippen molar-refractivity contribution in [3.8, 4) is 0 Å². The van der Waals surface area contributed by atoms with Gasteiger partial charge in [-0.25, -0.2) is 0 Å². The zero-order chi connectivity index (χ0) is 21.3. The molecule has 3 rings (SSSR count). The first-order valence-corrected chi connectivity index (χ1v) is 10.2. The fourth-order valence-corrected chi connectivity index (χ4v) is 3.91. The SMILES string of the molecule is CCCC(=O)N1CCC(NC(=O)c2ccc3c(c2)C(=O)N(C(C)(C)C)C3=O)CC1. The average Bonchev–Trinajstić information content (AvgIpc) is 2.92. The Kier molecular flexibility index (Phi) is 5.78. The molecule has 0 radical (unpaired) electrons. The molecule has 156 valence electrons. The highest BCUT2D eigenvalue weighted by atomic mass is 16.2. The summed E-state index contributed by atoms with van der Waals surface area (Å²) in [4.78, 5) is 53.0. The van der Waals surface area contributed by atoms with E-state index in [1.54, 1.807) is 32.9 Å². The number of piperidine rings is 1. The molecule has 1 saturated heterocycles. The van der Waals surface area contributed by atoms with Gasteiger partial charge in [0.1, 0.15) is 0 Å². The van der Waals surface area contributed by atoms with Gasteiger partial charge in [0.25, 0.3) is 17.7 Å². The Morgan fingerprint density at radius 3 is 2.28 bits per heavy atom. The van der Waals surface area contributed by atoms with Crippen LogP contribution in [0.5, 0.6) is 0 Å². The molecule has 29 heavy (non-hydrogen) atoms. The summed E-state index contributed by atoms with van der Waals surface area (Å²) in [5.74, 6) is -0.786. The normalized spacial score (nSPS) is 17.5. The Bertz CT molecular complexity index is 848. The minimum Gasteiger partial charge on any atom is -0.349 e. The largest absolute Gasteiger partial charge is 0.349 e. The summed E-state index contributed by atoms with van der Waals surface area (Å²) in [6.45, 7) is 8.68. The van der Waals surface area contributed by atoms with Gasteiger partial charge in [-0.05, 0) is 58.2 Å². The molecule has 0 bridgehead atoms. The van der Waals surface area contributed by atoms with Crippen LogP contribution in [-0.2, 0) is 4.79 Å². The van der Waals surface area contributed by atoms with Gasteiger partial charge in [0.2, 0.25) is 5.91 Å². The number of hydrogen-bond donors (Lipinski definition) is 1. The molecule has 0 unspecified atom stereocenters. The zero-order valence-corrected chi connectivity index (χ0v) is 17.6. The highest BCUT2D eigenvalue weighted by molar-refractivity contribution is 6.22. The molecule has 2 aliphatic rings. The van der Waals surface area contributed by atoms with Crippen LogP contribution in [0.1, 0.15) is 84.5 Å². The van der Waals surface area contributed by atoms with Crippen molar-refractivity contribution < 1.29 is 19.2 Å². The standard InChI is InChI=1S/C22H29N3O4/c1-5-6-18(26)24-11-9-15(10-12-24)23-19(27)14-7-8-16-17(13-14)21(29)25(20(16)28)22(2,3)4/h7-8,13,15H,5-6,9-12H2,1-4H3,(H,23,27). The molecule has 2 aliphatic heterocycles. The van der Waals surface area contributed by atoms with Gasteiger partial charge >= 0.3 is 0 Å². The topological polar surface area (TPSA) is 86.8 Å². The number of amides is 4. The van der Waals surface area contributed by atoms with E-state index < -0.39 is 5.54 Å². The lowest BCUT2D eigenvalue weighted by atomic mass is 10.0. The fraction of sp³-hybridized carbons (Fsp3) is 0.545. The van der Waals surface area contributed by atoms with Crippen LogP contribution in [0.25, 0.3) is 0 Å². The number of nitrogens with one attached hydrogen (secondary N) is 1. The molecule has 4 amide bonds. The van der Waals surface area contributed by atoms with Crippen LogP contribution in [0.3, 0.4) is 0 Å². The van der Waals surface area contributed by atoms with E-state index in [-0.39, 0.29) is 35.2 Å². The van der Waals surface area contributed by atoms with Gasteiger partial charge in [0, 0.05) is 36.7 Å². The van der Waals surface area contributed by atoms with E-state index in [2.05, 4.69) is 5.32 Å². The summed E-state index contributed by atoms with van der Waals surface area (Å²) >= 11 is 0. The van der Waals surface area contributed by atoms with Gasteiger partial charge in [0.05, 0.1) is 11.1 Å². The van der Waals surface area contributed by atoms with Crippen LogP contribution in [0.15, 0.2) is 18.2 Å². The molecule has 0 saturated carbocycles. The van der Waals surface area contributed by atoms with Gasteiger partial charge in [-0.2, -0.15) is 0 Å². The highest BCUT2D eigenvalue weighted by Gasteiger charge is 2.42. The number of nitrogens with zero attached hydrogens (tertiary/aromatic N) is 2. The summed E-state index contributed by atoms with van der Waals surface area (Å²) < 4.78 is 0. The van der Waals surface area contributed by atoms with Gasteiger partial charge in [0.15, 0.2) is 0 Å². The van der Waals surface area contributed by atoms with Crippen molar-refractivity contribution in [2.24, 2.45) is 0 Å². The lowest BCUT2D eigenvalue weighted by molar-refractivity contribution is -0.132. The number of hydrogen-bond acceptors (Lipinski definition) is 4. The van der Waals surface area contributed by atoms with Crippen molar-refractivity contribution in [3.63, 3.8) is 0 Å².